The van der Waals surface area contributed by atoms with Crippen LogP contribution >= 0.6 is 47.1 Å². The summed E-state index contributed by atoms with van der Waals surface area (Å²) in [5.41, 5.74) is 10.3. The van der Waals surface area contributed by atoms with Crippen molar-refractivity contribution in [3.63, 3.8) is 0 Å². The molecular weight excluding hydrogens is 2200 g/mol. The Labute approximate surface area is 843 Å². The van der Waals surface area contributed by atoms with Gasteiger partial charge in [-0.3, -0.25) is 85.4 Å². The van der Waals surface area contributed by atoms with Gasteiger partial charge in [0.15, 0.2) is 29.4 Å². The van der Waals surface area contributed by atoms with E-state index >= 15 is 4.89 Å². The van der Waals surface area contributed by atoms with Crippen molar-refractivity contribution >= 4 is 170 Å². The molecule has 7 aliphatic rings. The number of nitrogen functional groups attached to an aromatic ring is 3. The molecular formula is C71H87N21O38P7S7-7. The number of H-pyrrole nitrogens is 5. The van der Waals surface area contributed by atoms with Gasteiger partial charge >= 0.3 is 28.4 Å². The number of aromatic amines is 5. The van der Waals surface area contributed by atoms with Crippen LogP contribution in [0.15, 0.2) is 97.9 Å². The van der Waals surface area contributed by atoms with Crippen LogP contribution in [-0.2, 0) is 184 Å². The highest BCUT2D eigenvalue weighted by Gasteiger charge is 2.49. The number of imidazole rings is 2. The van der Waals surface area contributed by atoms with Crippen molar-refractivity contribution in [2.45, 2.75) is 216 Å². The van der Waals surface area contributed by atoms with Crippen LogP contribution in [0.1, 0.15) is 123 Å². The van der Waals surface area contributed by atoms with E-state index in [1.807, 2.05) is 0 Å². The largest absolute Gasteiger partial charge is 0.780 e. The SMILES string of the molecule is COP([O-])(=S)OC1C[C@H](n2cc(C)c(=O)[nH]c2=O)O[C@@H]1COP([O-])(=S)OC1C[C@H](n2cc(C)c(=O)[nH]c2=O)O[C@@H]1COP([O-])(=S)OC1C[C@H](n2cc(C)c(N)nc2=O)O[C@@H]1COP([O-])(=S)OC1C[C@H](n2cnc3c(N)ncnc32)O[C@@H]1COP([O-])(=S)OC1C[C@H](n2cc(C)c(=O)[nH]c2=O)O[C@@H]1COP(=O)([S-])OC1C[C@H](n2cnc3c(=O)[nH]c(N)nc32)O[C@@H]1COP([O-])(=S)OC1C[C@H](n2cc(C)c(=O)[nH]c2=O)O[C@@H]1C. The van der Waals surface area contributed by atoms with Gasteiger partial charge in [-0.25, -0.2) is 43.9 Å². The lowest BCUT2D eigenvalue weighted by Gasteiger charge is -2.36. The van der Waals surface area contributed by atoms with Crippen LogP contribution in [0.25, 0.3) is 22.3 Å². The summed E-state index contributed by atoms with van der Waals surface area (Å²) in [6.07, 6.45) is -22.1. The Hall–Kier alpha value is -6.70. The molecule has 0 amide bonds. The zero-order valence-corrected chi connectivity index (χ0v) is 87.5. The van der Waals surface area contributed by atoms with Crippen LogP contribution in [-0.4, -0.2) is 219 Å². The fourth-order valence-electron chi connectivity index (χ4n) is 16.5. The van der Waals surface area contributed by atoms with Gasteiger partial charge in [-0.15, -0.1) is 0 Å². The number of anilines is 3. The number of fused-ring (bicyclic) bond motifs is 2. The van der Waals surface area contributed by atoms with E-state index in [1.54, 1.807) is 6.92 Å². The Morgan fingerprint density at radius 2 is 0.667 bits per heavy atom. The molecule has 16 heterocycles. The predicted octanol–water partition coefficient (Wildman–Crippen LogP) is -3.66. The average Bonchev–Trinajstić information content (AvgIpc) is 1.61. The van der Waals surface area contributed by atoms with E-state index in [4.69, 9.17) is 197 Å². The van der Waals surface area contributed by atoms with Gasteiger partial charge < -0.3 is 155 Å². The number of hydrogen-bond acceptors (Lipinski definition) is 54. The number of aromatic nitrogens is 18. The highest BCUT2D eigenvalue weighted by atomic mass is 32.7. The van der Waals surface area contributed by atoms with Gasteiger partial charge in [0.05, 0.1) is 101 Å². The summed E-state index contributed by atoms with van der Waals surface area (Å²) in [5.74, 6) is -0.544. The molecule has 144 heavy (non-hydrogen) atoms. The minimum absolute atomic E-state index is 0.0119. The third-order valence-electron chi connectivity index (χ3n) is 23.6. The van der Waals surface area contributed by atoms with Crippen LogP contribution in [0.4, 0.5) is 17.6 Å². The Kier molecular flexibility index (Phi) is 33.6. The number of aryl methyl sites for hydroxylation is 5. The van der Waals surface area contributed by atoms with E-state index < -0.39 is 291 Å². The smallest absolute Gasteiger partial charge is 0.351 e. The van der Waals surface area contributed by atoms with Crippen molar-refractivity contribution in [3.05, 3.63) is 182 Å². The van der Waals surface area contributed by atoms with Crippen molar-refractivity contribution in [3.8, 4) is 0 Å². The summed E-state index contributed by atoms with van der Waals surface area (Å²) in [6, 6.07) is 0. The van der Waals surface area contributed by atoms with Crippen molar-refractivity contribution in [1.82, 2.24) is 86.8 Å². The summed E-state index contributed by atoms with van der Waals surface area (Å²) in [5, 5.41) is 0. The molecule has 0 aromatic carbocycles. The van der Waals surface area contributed by atoms with Gasteiger partial charge in [0.25, 0.3) is 27.8 Å². The van der Waals surface area contributed by atoms with E-state index in [0.717, 1.165) is 48.7 Å². The quantitative estimate of drug-likeness (QED) is 0.0136. The average molecular weight is 2280 g/mol. The molecule has 11 N–H and O–H groups in total. The normalized spacial score (nSPS) is 29.7. The molecule has 788 valence electrons. The van der Waals surface area contributed by atoms with E-state index in [0.29, 0.717) is 0 Å². The molecule has 0 spiro atoms. The highest BCUT2D eigenvalue weighted by molar-refractivity contribution is 8.32. The van der Waals surface area contributed by atoms with Crippen molar-refractivity contribution in [1.29, 1.82) is 0 Å². The fourth-order valence-corrected chi connectivity index (χ4v) is 26.2. The minimum atomic E-state index is -5.04. The molecule has 0 radical (unpaired) electrons. The first kappa shape index (κ1) is 110. The summed E-state index contributed by atoms with van der Waals surface area (Å²) in [7, 11) is 1.01. The van der Waals surface area contributed by atoms with E-state index in [9.17, 15) is 77.0 Å². The molecule has 9 aromatic rings. The molecule has 59 nitrogen and oxygen atoms in total. The summed E-state index contributed by atoms with van der Waals surface area (Å²) >= 11 is 37.8. The number of nitrogens with one attached hydrogen (secondary N) is 5. The number of nitrogens with zero attached hydrogens (tertiary/aromatic N) is 13. The maximum Gasteiger partial charge on any atom is 0.351 e. The lowest BCUT2D eigenvalue weighted by atomic mass is 10.2. The first-order chi connectivity index (χ1) is 67.6. The molecule has 16 rings (SSSR count). The second kappa shape index (κ2) is 43.9. The summed E-state index contributed by atoms with van der Waals surface area (Å²) in [4.78, 5) is 251. The second-order valence-electron chi connectivity index (χ2n) is 33.6. The zero-order valence-electron chi connectivity index (χ0n) is 75.5. The van der Waals surface area contributed by atoms with Crippen LogP contribution < -0.4 is 103 Å². The number of rotatable bonds is 40. The second-order valence-corrected chi connectivity index (χ2v) is 52.6. The molecule has 9 aromatic heterocycles. The summed E-state index contributed by atoms with van der Waals surface area (Å²) in [6.45, 7) is -30.3. The molecule has 0 aliphatic carbocycles. The van der Waals surface area contributed by atoms with E-state index in [2.05, 4.69) is 54.8 Å². The van der Waals surface area contributed by atoms with Crippen LogP contribution in [0, 0.1) is 34.6 Å². The maximum absolute atomic E-state index is 15.0. The Morgan fingerprint density at radius 3 is 1.03 bits per heavy atom. The predicted molar refractivity (Wildman–Crippen MR) is 507 cm³/mol. The van der Waals surface area contributed by atoms with Crippen molar-refractivity contribution in [2.24, 2.45) is 0 Å². The van der Waals surface area contributed by atoms with Gasteiger partial charge in [0.2, 0.25) is 5.95 Å². The van der Waals surface area contributed by atoms with E-state index in [-0.39, 0.29) is 93.4 Å². The van der Waals surface area contributed by atoms with Gasteiger partial charge in [-0.2, -0.15) is 9.97 Å². The molecule has 0 saturated carbocycles. The van der Waals surface area contributed by atoms with Crippen molar-refractivity contribution < 1.29 is 130 Å². The standard InChI is InChI=1S/C71H94N21O38P7S7/c1-29-15-86(67(98)79-57(29)72)49-10-37(126-134(106,141)113-22-44-38(11-51(120-44)89-18-32(4)63(95)84-70(89)101)127-133(105,140)112-20-42-36(125-131(103,138)110-7)9-50(118-42)88-17-31(3)62(94)83-69(88)100)43(119-49)21-114-136(108,143)129-40-13-53(91-27-77-55-58(73)75-26-76-59(55)91)122-46(40)25-116-135(107,142)128-39-12-52(90-19-33(5)64(96)85-71(90)102)121-45(39)23-115-137(109,144)130-41-14-54(92-28-78-56-60(92)80-66(74)81-65(56)97)123-47(41)24-111-132(104,139)124-35-8-48(117-34(35)6)87-16-30(2)61(93)82-68(87)99/h15-19,26-28,34-54H,8-14,20-25H2,1-7H3,(H,103,138)(H,104,139)(H,105,140)(H,106,141)(H,107,142)(H,108,143)(H,109,144)(H2,72,79,98)(H2,73,75,76)(H,82,93,99)(H,83,94,100)(H,84,95,101)(H,85,96,102)(H3,74,80,81,97)/p-7/t34-,35?,36?,37?,38?,39?,40?,41?,42-,43-,44-,45-,46-,47-,48-,49-,50-,51-,52-,53-,54-,131?,132?,133?,134?,135?,136?,137?/m1/s1. The van der Waals surface area contributed by atoms with Gasteiger partial charge in [-0.1, -0.05) is 70.8 Å². The maximum atomic E-state index is 15.0. The summed E-state index contributed by atoms with van der Waals surface area (Å²) < 4.78 is 147. The zero-order chi connectivity index (χ0) is 104. The van der Waals surface area contributed by atoms with E-state index in [1.165, 1.54) is 75.0 Å². The van der Waals surface area contributed by atoms with Crippen molar-refractivity contribution in [2.75, 3.05) is 64.0 Å². The van der Waals surface area contributed by atoms with Crippen LogP contribution in [0.5, 0.6) is 0 Å². The highest BCUT2D eigenvalue weighted by Crippen LogP contribution is 2.57. The third-order valence-corrected chi connectivity index (χ3v) is 34.7. The molecule has 0 bridgehead atoms. The van der Waals surface area contributed by atoms with Gasteiger partial charge in [-0.05, 0) is 41.5 Å². The monoisotopic (exact) mass is 2280 g/mol. The first-order valence-electron chi connectivity index (χ1n) is 42.9. The Morgan fingerprint density at radius 1 is 0.368 bits per heavy atom. The lowest BCUT2D eigenvalue weighted by Crippen LogP contribution is -2.35. The topological polar surface area (TPSA) is 789 Å². The molecule has 28 atom stereocenters. The lowest BCUT2D eigenvalue weighted by molar-refractivity contribution is -0.221. The first-order valence-corrected chi connectivity index (χ1v) is 60.8. The number of nitrogens with two attached hydrogens (primary N) is 3. The molecule has 7 fully saturated rings. The Balaban J connectivity index is 0.609. The molecule has 73 heteroatoms. The molecule has 7 saturated heterocycles. The third kappa shape index (κ3) is 25.8. The minimum Gasteiger partial charge on any atom is -0.780 e. The number of ether oxygens (including phenoxy) is 7. The Bertz CT molecular complexity index is 7440. The molecule has 14 unspecified atom stereocenters. The molecule has 7 aliphatic heterocycles. The van der Waals surface area contributed by atoms with Crippen LogP contribution in [0.3, 0.4) is 0 Å². The van der Waals surface area contributed by atoms with Crippen LogP contribution in [0.2, 0.25) is 0 Å². The number of hydrogen-bond donors (Lipinski definition) is 8. The van der Waals surface area contributed by atoms with Gasteiger partial charge in [0.1, 0.15) is 138 Å². The van der Waals surface area contributed by atoms with Gasteiger partial charge in [0, 0.05) is 111 Å². The fraction of sp³-hybridized carbons (Fsp3) is 0.577.